The second-order valence-electron chi connectivity index (χ2n) is 4.54. The number of nitrogens with zero attached hydrogens (tertiary/aromatic N) is 3. The third kappa shape index (κ3) is 2.25. The first kappa shape index (κ1) is 11.7. The molecule has 0 saturated carbocycles. The SMILES string of the molecule is Brc1cncnc1N1CCC(c2ccccc2)C1. The normalized spacial score (nSPS) is 19.2. The van der Waals surface area contributed by atoms with Gasteiger partial charge in [0.1, 0.15) is 12.1 Å². The molecule has 1 aliphatic heterocycles. The van der Waals surface area contributed by atoms with Crippen LogP contribution in [0.25, 0.3) is 0 Å². The molecule has 1 atom stereocenters. The summed E-state index contributed by atoms with van der Waals surface area (Å²) in [6.07, 6.45) is 4.59. The zero-order valence-corrected chi connectivity index (χ0v) is 11.5. The average molecular weight is 304 g/mol. The van der Waals surface area contributed by atoms with Gasteiger partial charge in [-0.25, -0.2) is 9.97 Å². The second kappa shape index (κ2) is 5.06. The van der Waals surface area contributed by atoms with Gasteiger partial charge in [-0.1, -0.05) is 30.3 Å². The molecule has 0 radical (unpaired) electrons. The van der Waals surface area contributed by atoms with E-state index in [0.717, 1.165) is 23.4 Å². The highest BCUT2D eigenvalue weighted by Crippen LogP contribution is 2.32. The predicted molar refractivity (Wildman–Crippen MR) is 75.7 cm³/mol. The fourth-order valence-electron chi connectivity index (χ4n) is 2.49. The molecule has 1 aromatic carbocycles. The Kier molecular flexibility index (Phi) is 3.28. The molecule has 1 saturated heterocycles. The van der Waals surface area contributed by atoms with Crippen molar-refractivity contribution in [3.8, 4) is 0 Å². The van der Waals surface area contributed by atoms with Gasteiger partial charge in [-0.15, -0.1) is 0 Å². The maximum Gasteiger partial charge on any atom is 0.146 e. The lowest BCUT2D eigenvalue weighted by molar-refractivity contribution is 0.774. The molecule has 2 aromatic rings. The summed E-state index contributed by atoms with van der Waals surface area (Å²) in [6.45, 7) is 2.08. The number of hydrogen-bond acceptors (Lipinski definition) is 3. The monoisotopic (exact) mass is 303 g/mol. The minimum absolute atomic E-state index is 0.605. The van der Waals surface area contributed by atoms with E-state index in [-0.39, 0.29) is 0 Å². The van der Waals surface area contributed by atoms with Crippen molar-refractivity contribution in [1.82, 2.24) is 9.97 Å². The van der Waals surface area contributed by atoms with Crippen LogP contribution in [0.2, 0.25) is 0 Å². The molecule has 92 valence electrons. The Labute approximate surface area is 115 Å². The van der Waals surface area contributed by atoms with Crippen LogP contribution in [0.4, 0.5) is 5.82 Å². The van der Waals surface area contributed by atoms with E-state index in [4.69, 9.17) is 0 Å². The maximum absolute atomic E-state index is 4.36. The topological polar surface area (TPSA) is 29.0 Å². The van der Waals surface area contributed by atoms with Gasteiger partial charge in [-0.05, 0) is 27.9 Å². The number of hydrogen-bond donors (Lipinski definition) is 0. The third-order valence-corrected chi connectivity index (χ3v) is 3.97. The van der Waals surface area contributed by atoms with Crippen molar-refractivity contribution in [1.29, 1.82) is 0 Å². The predicted octanol–water partition coefficient (Wildman–Crippen LogP) is 3.23. The van der Waals surface area contributed by atoms with Crippen LogP contribution in [0.1, 0.15) is 17.9 Å². The summed E-state index contributed by atoms with van der Waals surface area (Å²) in [7, 11) is 0. The summed E-state index contributed by atoms with van der Waals surface area (Å²) < 4.78 is 0.971. The molecule has 0 spiro atoms. The largest absolute Gasteiger partial charge is 0.355 e. The van der Waals surface area contributed by atoms with Gasteiger partial charge < -0.3 is 4.90 Å². The lowest BCUT2D eigenvalue weighted by atomic mass is 9.99. The Bertz CT molecular complexity index is 530. The van der Waals surface area contributed by atoms with Crippen LogP contribution >= 0.6 is 15.9 Å². The number of halogens is 1. The summed E-state index contributed by atoms with van der Waals surface area (Å²) in [5.41, 5.74) is 1.42. The maximum atomic E-state index is 4.36. The first-order valence-electron chi connectivity index (χ1n) is 6.10. The minimum atomic E-state index is 0.605. The van der Waals surface area contributed by atoms with E-state index >= 15 is 0 Å². The van der Waals surface area contributed by atoms with Crippen molar-refractivity contribution in [3.63, 3.8) is 0 Å². The first-order chi connectivity index (χ1) is 8.84. The van der Waals surface area contributed by atoms with Crippen LogP contribution in [0.15, 0.2) is 47.3 Å². The third-order valence-electron chi connectivity index (χ3n) is 3.41. The van der Waals surface area contributed by atoms with Crippen LogP contribution in [0.3, 0.4) is 0 Å². The lowest BCUT2D eigenvalue weighted by Gasteiger charge is -2.18. The van der Waals surface area contributed by atoms with Crippen molar-refractivity contribution < 1.29 is 0 Å². The summed E-state index contributed by atoms with van der Waals surface area (Å²) in [5.74, 6) is 1.61. The molecule has 0 bridgehead atoms. The van der Waals surface area contributed by atoms with Gasteiger partial charge in [0, 0.05) is 25.2 Å². The molecule has 2 heterocycles. The molecule has 3 nitrogen and oxygen atoms in total. The highest BCUT2D eigenvalue weighted by Gasteiger charge is 2.25. The van der Waals surface area contributed by atoms with E-state index in [2.05, 4.69) is 61.1 Å². The molecule has 1 aliphatic rings. The molecule has 1 aromatic heterocycles. The van der Waals surface area contributed by atoms with Crippen molar-refractivity contribution in [2.75, 3.05) is 18.0 Å². The highest BCUT2D eigenvalue weighted by atomic mass is 79.9. The molecule has 0 aliphatic carbocycles. The van der Waals surface area contributed by atoms with Gasteiger partial charge in [0.25, 0.3) is 0 Å². The quantitative estimate of drug-likeness (QED) is 0.853. The molecule has 0 amide bonds. The molecular formula is C14H14BrN3. The Morgan fingerprint density at radius 1 is 1.22 bits per heavy atom. The van der Waals surface area contributed by atoms with Crippen molar-refractivity contribution >= 4 is 21.7 Å². The minimum Gasteiger partial charge on any atom is -0.355 e. The van der Waals surface area contributed by atoms with E-state index in [1.165, 1.54) is 12.0 Å². The van der Waals surface area contributed by atoms with Gasteiger partial charge >= 0.3 is 0 Å². The molecular weight excluding hydrogens is 290 g/mol. The molecule has 1 unspecified atom stereocenters. The standard InChI is InChI=1S/C14H14BrN3/c15-13-8-16-10-17-14(13)18-7-6-12(9-18)11-4-2-1-3-5-11/h1-5,8,10,12H,6-7,9H2. The van der Waals surface area contributed by atoms with Crippen LogP contribution < -0.4 is 4.90 Å². The smallest absolute Gasteiger partial charge is 0.146 e. The second-order valence-corrected chi connectivity index (χ2v) is 5.39. The van der Waals surface area contributed by atoms with Crippen molar-refractivity contribution in [3.05, 3.63) is 52.9 Å². The first-order valence-corrected chi connectivity index (χ1v) is 6.89. The Hall–Kier alpha value is -1.42. The van der Waals surface area contributed by atoms with Crippen LogP contribution in [0.5, 0.6) is 0 Å². The number of aromatic nitrogens is 2. The number of rotatable bonds is 2. The Morgan fingerprint density at radius 3 is 2.83 bits per heavy atom. The van der Waals surface area contributed by atoms with Gasteiger partial charge in [0.2, 0.25) is 0 Å². The van der Waals surface area contributed by atoms with E-state index < -0.39 is 0 Å². The van der Waals surface area contributed by atoms with Crippen LogP contribution in [-0.4, -0.2) is 23.1 Å². The summed E-state index contributed by atoms with van der Waals surface area (Å²) in [5, 5.41) is 0. The summed E-state index contributed by atoms with van der Waals surface area (Å²) in [4.78, 5) is 10.7. The van der Waals surface area contributed by atoms with E-state index in [0.29, 0.717) is 5.92 Å². The molecule has 1 fully saturated rings. The molecule has 18 heavy (non-hydrogen) atoms. The van der Waals surface area contributed by atoms with Crippen molar-refractivity contribution in [2.45, 2.75) is 12.3 Å². The number of anilines is 1. The van der Waals surface area contributed by atoms with E-state index in [1.54, 1.807) is 12.5 Å². The fraction of sp³-hybridized carbons (Fsp3) is 0.286. The van der Waals surface area contributed by atoms with Crippen LogP contribution in [-0.2, 0) is 0 Å². The Balaban J connectivity index is 1.78. The summed E-state index contributed by atoms with van der Waals surface area (Å²) in [6, 6.07) is 10.7. The zero-order valence-electron chi connectivity index (χ0n) is 9.96. The van der Waals surface area contributed by atoms with Gasteiger partial charge in [0.15, 0.2) is 0 Å². The average Bonchev–Trinajstić information content (AvgIpc) is 2.90. The van der Waals surface area contributed by atoms with Gasteiger partial charge in [-0.3, -0.25) is 0 Å². The fourth-order valence-corrected chi connectivity index (χ4v) is 2.96. The van der Waals surface area contributed by atoms with E-state index in [9.17, 15) is 0 Å². The van der Waals surface area contributed by atoms with Crippen LogP contribution in [0, 0.1) is 0 Å². The molecule has 0 N–H and O–H groups in total. The highest BCUT2D eigenvalue weighted by molar-refractivity contribution is 9.10. The zero-order chi connectivity index (χ0) is 12.4. The number of benzene rings is 1. The van der Waals surface area contributed by atoms with Gasteiger partial charge in [0.05, 0.1) is 4.47 Å². The lowest BCUT2D eigenvalue weighted by Crippen LogP contribution is -2.20. The Morgan fingerprint density at radius 2 is 2.06 bits per heavy atom. The molecule has 4 heteroatoms. The van der Waals surface area contributed by atoms with Gasteiger partial charge in [-0.2, -0.15) is 0 Å². The summed E-state index contributed by atoms with van der Waals surface area (Å²) >= 11 is 3.52. The van der Waals surface area contributed by atoms with E-state index in [1.807, 2.05) is 0 Å². The molecule has 3 rings (SSSR count). The van der Waals surface area contributed by atoms with Crippen molar-refractivity contribution in [2.24, 2.45) is 0 Å².